The maximum absolute atomic E-state index is 10.5. The number of benzene rings is 1. The van der Waals surface area contributed by atoms with Gasteiger partial charge < -0.3 is 19.3 Å². The zero-order valence-electron chi connectivity index (χ0n) is 15.2. The van der Waals surface area contributed by atoms with Crippen molar-refractivity contribution in [2.75, 3.05) is 13.7 Å². The van der Waals surface area contributed by atoms with E-state index in [2.05, 4.69) is 6.08 Å². The topological polar surface area (TPSA) is 65.0 Å². The number of ether oxygens (including phenoxy) is 3. The number of allylic oxidation sites excluding steroid dienone is 2. The molecule has 0 spiro atoms. The van der Waals surface area contributed by atoms with Crippen molar-refractivity contribution in [3.8, 4) is 5.75 Å². The summed E-state index contributed by atoms with van der Waals surface area (Å²) in [6, 6.07) is 7.92. The first-order chi connectivity index (χ1) is 11.9. The molecule has 138 valence electrons. The Bertz CT molecular complexity index is 594. The molecule has 1 saturated heterocycles. The largest absolute Gasteiger partial charge is 0.496 e. The lowest BCUT2D eigenvalue weighted by molar-refractivity contribution is -0.295. The standard InChI is InChI=1S/C20H28O5/c1-20(2)24-14-15(10-6-4-5-7-13-18(21)22)19(25-20)16-11-8-9-12-17(16)23-3/h4,6,8-9,11-12,15,19H,5,7,10,13-14H2,1-3H3,(H,21,22)/t15-,19+/m1/s1. The second-order valence-corrected chi connectivity index (χ2v) is 6.74. The van der Waals surface area contributed by atoms with Gasteiger partial charge >= 0.3 is 5.97 Å². The average molecular weight is 348 g/mol. The Balaban J connectivity index is 2.04. The van der Waals surface area contributed by atoms with Gasteiger partial charge in [0.25, 0.3) is 0 Å². The van der Waals surface area contributed by atoms with Crippen LogP contribution in [-0.4, -0.2) is 30.6 Å². The van der Waals surface area contributed by atoms with Crippen LogP contribution in [0.4, 0.5) is 0 Å². The Morgan fingerprint density at radius 1 is 1.36 bits per heavy atom. The van der Waals surface area contributed by atoms with Gasteiger partial charge in [0, 0.05) is 17.9 Å². The maximum Gasteiger partial charge on any atom is 0.303 e. The molecule has 1 aromatic rings. The molecule has 5 nitrogen and oxygen atoms in total. The van der Waals surface area contributed by atoms with Crippen LogP contribution in [0.15, 0.2) is 36.4 Å². The van der Waals surface area contributed by atoms with E-state index in [0.29, 0.717) is 13.0 Å². The molecule has 0 radical (unpaired) electrons. The summed E-state index contributed by atoms with van der Waals surface area (Å²) in [5, 5.41) is 8.66. The van der Waals surface area contributed by atoms with E-state index in [-0.39, 0.29) is 18.4 Å². The van der Waals surface area contributed by atoms with Crippen molar-refractivity contribution in [1.82, 2.24) is 0 Å². The number of carboxylic acid groups (broad SMARTS) is 1. The normalized spacial score (nSPS) is 22.8. The van der Waals surface area contributed by atoms with E-state index < -0.39 is 11.8 Å². The summed E-state index contributed by atoms with van der Waals surface area (Å²) in [6.07, 6.45) is 6.48. The number of methoxy groups -OCH3 is 1. The van der Waals surface area contributed by atoms with Crippen LogP contribution in [0.1, 0.15) is 51.2 Å². The van der Waals surface area contributed by atoms with Crippen LogP contribution in [0.2, 0.25) is 0 Å². The smallest absolute Gasteiger partial charge is 0.303 e. The van der Waals surface area contributed by atoms with E-state index >= 15 is 0 Å². The third-order valence-electron chi connectivity index (χ3n) is 4.30. The van der Waals surface area contributed by atoms with Crippen molar-refractivity contribution in [3.63, 3.8) is 0 Å². The molecule has 0 bridgehead atoms. The summed E-state index contributed by atoms with van der Waals surface area (Å²) in [5.74, 6) is -0.380. The van der Waals surface area contributed by atoms with Crippen LogP contribution < -0.4 is 4.74 Å². The quantitative estimate of drug-likeness (QED) is 0.559. The van der Waals surface area contributed by atoms with E-state index in [1.165, 1.54) is 0 Å². The maximum atomic E-state index is 10.5. The molecule has 0 aliphatic carbocycles. The first-order valence-electron chi connectivity index (χ1n) is 8.74. The Morgan fingerprint density at radius 3 is 2.84 bits per heavy atom. The molecular formula is C20H28O5. The lowest BCUT2D eigenvalue weighted by Crippen LogP contribution is -2.41. The number of hydrogen-bond acceptors (Lipinski definition) is 4. The minimum atomic E-state index is -0.749. The number of hydrogen-bond donors (Lipinski definition) is 1. The van der Waals surface area contributed by atoms with Gasteiger partial charge in [0.1, 0.15) is 5.75 Å². The van der Waals surface area contributed by atoms with Gasteiger partial charge in [-0.05, 0) is 39.2 Å². The van der Waals surface area contributed by atoms with E-state index in [1.807, 2.05) is 44.2 Å². The van der Waals surface area contributed by atoms with E-state index in [1.54, 1.807) is 7.11 Å². The molecule has 0 saturated carbocycles. The Kier molecular flexibility index (Phi) is 7.02. The molecule has 1 N–H and O–H groups in total. The summed E-state index contributed by atoms with van der Waals surface area (Å²) < 4.78 is 17.5. The third kappa shape index (κ3) is 5.87. The average Bonchev–Trinajstić information content (AvgIpc) is 2.58. The Labute approximate surface area is 149 Å². The lowest BCUT2D eigenvalue weighted by atomic mass is 9.91. The number of carboxylic acids is 1. The number of unbranched alkanes of at least 4 members (excludes halogenated alkanes) is 1. The van der Waals surface area contributed by atoms with Gasteiger partial charge in [0.15, 0.2) is 5.79 Å². The number of para-hydroxylation sites is 1. The third-order valence-corrected chi connectivity index (χ3v) is 4.30. The Morgan fingerprint density at radius 2 is 2.12 bits per heavy atom. The van der Waals surface area contributed by atoms with Crippen molar-refractivity contribution in [3.05, 3.63) is 42.0 Å². The summed E-state index contributed by atoms with van der Waals surface area (Å²) in [4.78, 5) is 10.5. The molecule has 1 heterocycles. The number of rotatable bonds is 8. The van der Waals surface area contributed by atoms with Gasteiger partial charge in [-0.1, -0.05) is 30.4 Å². The van der Waals surface area contributed by atoms with Crippen LogP contribution in [0.5, 0.6) is 5.75 Å². The minimum Gasteiger partial charge on any atom is -0.496 e. The van der Waals surface area contributed by atoms with Gasteiger partial charge in [-0.25, -0.2) is 0 Å². The zero-order chi connectivity index (χ0) is 18.3. The molecule has 25 heavy (non-hydrogen) atoms. The highest BCUT2D eigenvalue weighted by molar-refractivity contribution is 5.66. The minimum absolute atomic E-state index is 0.108. The van der Waals surface area contributed by atoms with Crippen LogP contribution in [-0.2, 0) is 14.3 Å². The van der Waals surface area contributed by atoms with E-state index in [4.69, 9.17) is 19.3 Å². The van der Waals surface area contributed by atoms with Gasteiger partial charge in [-0.15, -0.1) is 0 Å². The fourth-order valence-corrected chi connectivity index (χ4v) is 3.00. The van der Waals surface area contributed by atoms with Crippen molar-refractivity contribution in [1.29, 1.82) is 0 Å². The van der Waals surface area contributed by atoms with E-state index in [0.717, 1.165) is 24.2 Å². The summed E-state index contributed by atoms with van der Waals surface area (Å²) in [6.45, 7) is 4.45. The van der Waals surface area contributed by atoms with Gasteiger partial charge in [0.2, 0.25) is 0 Å². The lowest BCUT2D eigenvalue weighted by Gasteiger charge is -2.41. The van der Waals surface area contributed by atoms with Crippen LogP contribution in [0, 0.1) is 5.92 Å². The number of aliphatic carboxylic acids is 1. The van der Waals surface area contributed by atoms with Crippen molar-refractivity contribution >= 4 is 5.97 Å². The molecule has 0 unspecified atom stereocenters. The molecule has 1 aliphatic heterocycles. The molecule has 0 aromatic heterocycles. The highest BCUT2D eigenvalue weighted by Gasteiger charge is 2.37. The van der Waals surface area contributed by atoms with Gasteiger partial charge in [-0.3, -0.25) is 4.79 Å². The van der Waals surface area contributed by atoms with Crippen LogP contribution in [0.25, 0.3) is 0 Å². The second kappa shape index (κ2) is 9.02. The second-order valence-electron chi connectivity index (χ2n) is 6.74. The molecule has 1 aromatic carbocycles. The summed E-state index contributed by atoms with van der Waals surface area (Å²) >= 11 is 0. The summed E-state index contributed by atoms with van der Waals surface area (Å²) in [5.41, 5.74) is 1.03. The molecule has 2 atom stereocenters. The zero-order valence-corrected chi connectivity index (χ0v) is 15.2. The molecule has 0 amide bonds. The highest BCUT2D eigenvalue weighted by Crippen LogP contribution is 2.41. The fourth-order valence-electron chi connectivity index (χ4n) is 3.00. The predicted molar refractivity (Wildman–Crippen MR) is 95.6 cm³/mol. The first-order valence-corrected chi connectivity index (χ1v) is 8.74. The Hall–Kier alpha value is -1.85. The van der Waals surface area contributed by atoms with Crippen LogP contribution in [0.3, 0.4) is 0 Å². The monoisotopic (exact) mass is 348 g/mol. The SMILES string of the molecule is COc1ccccc1[C@H]1OC(C)(C)OC[C@H]1CC=CCCCC(=O)O. The molecule has 5 heteroatoms. The first kappa shape index (κ1) is 19.5. The number of carbonyl (C=O) groups is 1. The summed E-state index contributed by atoms with van der Waals surface area (Å²) in [7, 11) is 1.67. The van der Waals surface area contributed by atoms with Gasteiger partial charge in [0.05, 0.1) is 19.8 Å². The van der Waals surface area contributed by atoms with Crippen LogP contribution >= 0.6 is 0 Å². The fraction of sp³-hybridized carbons (Fsp3) is 0.550. The molecule has 2 rings (SSSR count). The molecular weight excluding hydrogens is 320 g/mol. The highest BCUT2D eigenvalue weighted by atomic mass is 16.7. The van der Waals surface area contributed by atoms with Gasteiger partial charge in [-0.2, -0.15) is 0 Å². The molecule has 1 fully saturated rings. The van der Waals surface area contributed by atoms with Crippen molar-refractivity contribution < 1.29 is 24.1 Å². The predicted octanol–water partition coefficient (Wildman–Crippen LogP) is 4.34. The van der Waals surface area contributed by atoms with E-state index in [9.17, 15) is 4.79 Å². The molecule has 1 aliphatic rings. The van der Waals surface area contributed by atoms with Crippen molar-refractivity contribution in [2.45, 2.75) is 51.4 Å². The van der Waals surface area contributed by atoms with Crippen molar-refractivity contribution in [2.24, 2.45) is 5.92 Å².